The molecule has 1 heterocycles. The van der Waals surface area contributed by atoms with Crippen molar-refractivity contribution in [2.24, 2.45) is 5.92 Å². The summed E-state index contributed by atoms with van der Waals surface area (Å²) in [6, 6.07) is -0.117. The molecule has 1 aliphatic heterocycles. The van der Waals surface area contributed by atoms with Gasteiger partial charge in [0.1, 0.15) is 0 Å². The van der Waals surface area contributed by atoms with Crippen molar-refractivity contribution in [1.29, 1.82) is 0 Å². The highest BCUT2D eigenvalue weighted by atomic mass is 32.2. The van der Waals surface area contributed by atoms with Crippen molar-refractivity contribution in [1.82, 2.24) is 4.31 Å². The fraction of sp³-hybridized carbons (Fsp3) is 0.875. The van der Waals surface area contributed by atoms with Crippen molar-refractivity contribution in [3.63, 3.8) is 0 Å². The Bertz CT molecular complexity index is 324. The molecule has 2 atom stereocenters. The molecular weight excluding hydrogens is 206 g/mol. The second-order valence-electron chi connectivity index (χ2n) is 3.64. The highest BCUT2D eigenvalue weighted by Crippen LogP contribution is 2.25. The van der Waals surface area contributed by atoms with E-state index in [1.807, 2.05) is 0 Å². The van der Waals surface area contributed by atoms with E-state index in [-0.39, 0.29) is 24.5 Å². The van der Waals surface area contributed by atoms with Crippen LogP contribution in [0.4, 0.5) is 0 Å². The van der Waals surface area contributed by atoms with E-state index in [1.165, 1.54) is 11.4 Å². The molecule has 0 spiro atoms. The minimum atomic E-state index is -3.20. The molecule has 82 valence electrons. The first-order chi connectivity index (χ1) is 6.36. The van der Waals surface area contributed by atoms with Crippen molar-refractivity contribution in [3.8, 4) is 0 Å². The highest BCUT2D eigenvalue weighted by Gasteiger charge is 2.38. The molecule has 14 heavy (non-hydrogen) atoms. The van der Waals surface area contributed by atoms with Crippen LogP contribution in [0.5, 0.6) is 0 Å². The summed E-state index contributed by atoms with van der Waals surface area (Å²) in [4.78, 5) is 11.2. The molecule has 0 bridgehead atoms. The van der Waals surface area contributed by atoms with Crippen LogP contribution in [0.2, 0.25) is 0 Å². The Hall–Kier alpha value is -0.620. The molecule has 1 saturated heterocycles. The molecule has 0 amide bonds. The van der Waals surface area contributed by atoms with Gasteiger partial charge in [-0.05, 0) is 13.3 Å². The smallest absolute Gasteiger partial charge is 0.310 e. The van der Waals surface area contributed by atoms with Crippen molar-refractivity contribution < 1.29 is 17.9 Å². The van der Waals surface area contributed by atoms with E-state index in [1.54, 1.807) is 6.92 Å². The van der Waals surface area contributed by atoms with Crippen molar-refractivity contribution in [2.45, 2.75) is 19.4 Å². The molecule has 1 unspecified atom stereocenters. The highest BCUT2D eigenvalue weighted by molar-refractivity contribution is 7.88. The molecule has 1 rings (SSSR count). The SMILES string of the molecule is COC(=O)C1C[C@@H](C)N(S(C)(=O)=O)C1. The summed E-state index contributed by atoms with van der Waals surface area (Å²) in [5, 5.41) is 0. The third-order valence-electron chi connectivity index (χ3n) is 2.48. The van der Waals surface area contributed by atoms with Gasteiger partial charge < -0.3 is 4.74 Å². The first-order valence-electron chi connectivity index (χ1n) is 4.41. The van der Waals surface area contributed by atoms with Gasteiger partial charge in [-0.3, -0.25) is 4.79 Å². The zero-order chi connectivity index (χ0) is 10.9. The number of methoxy groups -OCH3 is 1. The predicted octanol–water partition coefficient (Wildman–Crippen LogP) is -0.171. The number of esters is 1. The monoisotopic (exact) mass is 221 g/mol. The molecule has 0 aromatic rings. The Morgan fingerprint density at radius 2 is 2.07 bits per heavy atom. The topological polar surface area (TPSA) is 63.7 Å². The van der Waals surface area contributed by atoms with E-state index in [0.717, 1.165) is 6.26 Å². The number of hydrogen-bond donors (Lipinski definition) is 0. The summed E-state index contributed by atoms with van der Waals surface area (Å²) >= 11 is 0. The normalized spacial score (nSPS) is 29.1. The van der Waals surface area contributed by atoms with Gasteiger partial charge in [0.15, 0.2) is 0 Å². The number of carbonyl (C=O) groups is 1. The van der Waals surface area contributed by atoms with E-state index < -0.39 is 10.0 Å². The van der Waals surface area contributed by atoms with Crippen molar-refractivity contribution in [3.05, 3.63) is 0 Å². The van der Waals surface area contributed by atoms with E-state index >= 15 is 0 Å². The molecule has 1 aliphatic rings. The zero-order valence-electron chi connectivity index (χ0n) is 8.56. The number of nitrogens with zero attached hydrogens (tertiary/aromatic N) is 1. The number of sulfonamides is 1. The van der Waals surface area contributed by atoms with Gasteiger partial charge in [0, 0.05) is 12.6 Å². The Kier molecular flexibility index (Phi) is 3.16. The Labute approximate surface area is 84.1 Å². The Morgan fingerprint density at radius 1 is 1.50 bits per heavy atom. The third-order valence-corrected chi connectivity index (χ3v) is 3.84. The molecule has 0 aliphatic carbocycles. The van der Waals surface area contributed by atoms with E-state index in [0.29, 0.717) is 6.42 Å². The zero-order valence-corrected chi connectivity index (χ0v) is 9.37. The van der Waals surface area contributed by atoms with Crippen LogP contribution in [-0.4, -0.2) is 44.6 Å². The molecule has 0 aromatic heterocycles. The van der Waals surface area contributed by atoms with Crippen molar-refractivity contribution in [2.75, 3.05) is 19.9 Å². The lowest BCUT2D eigenvalue weighted by molar-refractivity contribution is -0.144. The largest absolute Gasteiger partial charge is 0.469 e. The first kappa shape index (κ1) is 11.5. The van der Waals surface area contributed by atoms with Crippen LogP contribution in [0.3, 0.4) is 0 Å². The second-order valence-corrected chi connectivity index (χ2v) is 5.57. The van der Waals surface area contributed by atoms with Crippen LogP contribution in [0.25, 0.3) is 0 Å². The summed E-state index contributed by atoms with van der Waals surface area (Å²) in [6.07, 6.45) is 1.70. The number of ether oxygens (including phenoxy) is 1. The van der Waals surface area contributed by atoms with E-state index in [4.69, 9.17) is 0 Å². The van der Waals surface area contributed by atoms with Crippen LogP contribution in [0.15, 0.2) is 0 Å². The average Bonchev–Trinajstić information content (AvgIpc) is 2.45. The summed E-state index contributed by atoms with van der Waals surface area (Å²) in [5.74, 6) is -0.646. The molecule has 5 nitrogen and oxygen atoms in total. The second kappa shape index (κ2) is 3.86. The minimum absolute atomic E-state index is 0.117. The predicted molar refractivity (Wildman–Crippen MR) is 51.1 cm³/mol. The standard InChI is InChI=1S/C8H15NO4S/c1-6-4-7(8(10)13-2)5-9(6)14(3,11)12/h6-7H,4-5H2,1-3H3/t6-,7?/m1/s1. The molecule has 0 saturated carbocycles. The van der Waals surface area contributed by atoms with Gasteiger partial charge in [0.2, 0.25) is 10.0 Å². The van der Waals surface area contributed by atoms with Gasteiger partial charge in [-0.2, -0.15) is 4.31 Å². The fourth-order valence-electron chi connectivity index (χ4n) is 1.80. The molecule has 1 fully saturated rings. The Balaban J connectivity index is 2.75. The first-order valence-corrected chi connectivity index (χ1v) is 6.25. The maximum absolute atomic E-state index is 11.3. The fourth-order valence-corrected chi connectivity index (χ4v) is 2.99. The van der Waals surface area contributed by atoms with Crippen LogP contribution >= 0.6 is 0 Å². The number of hydrogen-bond acceptors (Lipinski definition) is 4. The lowest BCUT2D eigenvalue weighted by Gasteiger charge is -2.17. The Morgan fingerprint density at radius 3 is 2.43 bits per heavy atom. The van der Waals surface area contributed by atoms with E-state index in [9.17, 15) is 13.2 Å². The van der Waals surface area contributed by atoms with Crippen molar-refractivity contribution >= 4 is 16.0 Å². The molecular formula is C8H15NO4S. The maximum Gasteiger partial charge on any atom is 0.310 e. The maximum atomic E-state index is 11.3. The summed E-state index contributed by atoms with van der Waals surface area (Å²) in [5.41, 5.74) is 0. The molecule has 0 N–H and O–H groups in total. The number of rotatable bonds is 2. The quantitative estimate of drug-likeness (QED) is 0.607. The van der Waals surface area contributed by atoms with Gasteiger partial charge in [-0.25, -0.2) is 8.42 Å². The van der Waals surface area contributed by atoms with Gasteiger partial charge in [-0.15, -0.1) is 0 Å². The van der Waals surface area contributed by atoms with Gasteiger partial charge in [-0.1, -0.05) is 0 Å². The number of carbonyl (C=O) groups excluding carboxylic acids is 1. The lowest BCUT2D eigenvalue weighted by atomic mass is 10.1. The molecule has 0 radical (unpaired) electrons. The van der Waals surface area contributed by atoms with E-state index in [2.05, 4.69) is 4.74 Å². The van der Waals surface area contributed by atoms with Crippen LogP contribution in [0.1, 0.15) is 13.3 Å². The van der Waals surface area contributed by atoms with Crippen LogP contribution < -0.4 is 0 Å². The minimum Gasteiger partial charge on any atom is -0.469 e. The summed E-state index contributed by atoms with van der Waals surface area (Å²) in [7, 11) is -1.89. The molecule has 0 aromatic carbocycles. The van der Waals surface area contributed by atoms with Crippen LogP contribution in [-0.2, 0) is 19.6 Å². The van der Waals surface area contributed by atoms with Gasteiger partial charge in [0.05, 0.1) is 19.3 Å². The van der Waals surface area contributed by atoms with Gasteiger partial charge in [0.25, 0.3) is 0 Å². The molecule has 6 heteroatoms. The summed E-state index contributed by atoms with van der Waals surface area (Å²) in [6.45, 7) is 2.04. The van der Waals surface area contributed by atoms with Gasteiger partial charge >= 0.3 is 5.97 Å². The summed E-state index contributed by atoms with van der Waals surface area (Å²) < 4.78 is 28.5. The average molecular weight is 221 g/mol. The third kappa shape index (κ3) is 2.24. The van der Waals surface area contributed by atoms with Crippen LogP contribution in [0, 0.1) is 5.92 Å². The lowest BCUT2D eigenvalue weighted by Crippen LogP contribution is -2.33.